The second kappa shape index (κ2) is 12.5. The van der Waals surface area contributed by atoms with Gasteiger partial charge in [-0.05, 0) is 102 Å². The first-order chi connectivity index (χ1) is 23.5. The zero-order chi connectivity index (χ0) is 32.8. The van der Waals surface area contributed by atoms with E-state index in [4.69, 9.17) is 0 Å². The van der Waals surface area contributed by atoms with E-state index in [0.29, 0.717) is 11.8 Å². The van der Waals surface area contributed by atoms with Gasteiger partial charge in [0, 0.05) is 32.9 Å². The van der Waals surface area contributed by atoms with Crippen molar-refractivity contribution in [2.24, 2.45) is 17.8 Å². The van der Waals surface area contributed by atoms with Gasteiger partial charge in [-0.3, -0.25) is 0 Å². The summed E-state index contributed by atoms with van der Waals surface area (Å²) in [6.07, 6.45) is 3.63. The zero-order valence-electron chi connectivity index (χ0n) is 28.5. The van der Waals surface area contributed by atoms with Crippen molar-refractivity contribution in [2.45, 2.75) is 47.0 Å². The minimum Gasteiger partial charge on any atom is -0.309 e. The molecule has 0 bridgehead atoms. The summed E-state index contributed by atoms with van der Waals surface area (Å²) in [5, 5.41) is 5.14. The lowest BCUT2D eigenvalue weighted by Crippen LogP contribution is -2.16. The summed E-state index contributed by atoms with van der Waals surface area (Å²) in [4.78, 5) is 0. The van der Waals surface area contributed by atoms with Gasteiger partial charge >= 0.3 is 0 Å². The Kier molecular flexibility index (Phi) is 7.89. The second-order valence-corrected chi connectivity index (χ2v) is 14.2. The minimum absolute atomic E-state index is 0.698. The SMILES string of the molecule is CCC(C)C(Cc1cccc(-n2c3ccccc3c3cc(-c4cccc(-n5c6ccccc6c6ccccc65)c4)ccc32)c1)CC(C)C. The Labute approximate surface area is 284 Å². The molecular formula is C46H44N2. The van der Waals surface area contributed by atoms with Crippen LogP contribution in [0.2, 0.25) is 0 Å². The number of hydrogen-bond acceptors (Lipinski definition) is 0. The Morgan fingerprint density at radius 3 is 1.60 bits per heavy atom. The fourth-order valence-electron chi connectivity index (χ4n) is 8.04. The van der Waals surface area contributed by atoms with Crippen LogP contribution in [0.5, 0.6) is 0 Å². The molecule has 2 unspecified atom stereocenters. The average Bonchev–Trinajstić information content (AvgIpc) is 3.64. The van der Waals surface area contributed by atoms with Crippen LogP contribution in [0.1, 0.15) is 46.1 Å². The highest BCUT2D eigenvalue weighted by atomic mass is 15.0. The van der Waals surface area contributed by atoms with Crippen LogP contribution in [0.3, 0.4) is 0 Å². The van der Waals surface area contributed by atoms with E-state index in [2.05, 4.69) is 176 Å². The van der Waals surface area contributed by atoms with Crippen molar-refractivity contribution in [2.75, 3.05) is 0 Å². The normalized spacial score (nSPS) is 13.3. The van der Waals surface area contributed by atoms with Crippen LogP contribution in [0.4, 0.5) is 0 Å². The molecule has 8 aromatic rings. The summed E-state index contributed by atoms with van der Waals surface area (Å²) >= 11 is 0. The Hall–Kier alpha value is -5.08. The molecule has 0 aliphatic heterocycles. The van der Waals surface area contributed by atoms with E-state index in [-0.39, 0.29) is 0 Å². The highest BCUT2D eigenvalue weighted by Gasteiger charge is 2.19. The Balaban J connectivity index is 1.22. The summed E-state index contributed by atoms with van der Waals surface area (Å²) < 4.78 is 4.87. The molecule has 48 heavy (non-hydrogen) atoms. The number of nitrogens with zero attached hydrogens (tertiary/aromatic N) is 2. The molecule has 2 heteroatoms. The molecule has 2 aromatic heterocycles. The fraction of sp³-hybridized carbons (Fsp3) is 0.217. The lowest BCUT2D eigenvalue weighted by Gasteiger charge is -2.25. The van der Waals surface area contributed by atoms with Crippen molar-refractivity contribution < 1.29 is 0 Å². The molecule has 238 valence electrons. The molecule has 0 aliphatic rings. The highest BCUT2D eigenvalue weighted by molar-refractivity contribution is 6.11. The monoisotopic (exact) mass is 624 g/mol. The third-order valence-electron chi connectivity index (χ3n) is 10.6. The fourth-order valence-corrected chi connectivity index (χ4v) is 8.04. The molecule has 0 spiro atoms. The van der Waals surface area contributed by atoms with Crippen LogP contribution in [-0.2, 0) is 6.42 Å². The highest BCUT2D eigenvalue weighted by Crippen LogP contribution is 2.37. The van der Waals surface area contributed by atoms with E-state index in [1.165, 1.54) is 84.5 Å². The van der Waals surface area contributed by atoms with Gasteiger partial charge in [0.1, 0.15) is 0 Å². The van der Waals surface area contributed by atoms with E-state index >= 15 is 0 Å². The molecule has 6 aromatic carbocycles. The smallest absolute Gasteiger partial charge is 0.0541 e. The topological polar surface area (TPSA) is 9.86 Å². The van der Waals surface area contributed by atoms with Crippen LogP contribution < -0.4 is 0 Å². The first kappa shape index (κ1) is 30.3. The second-order valence-electron chi connectivity index (χ2n) is 14.2. The standard InChI is InChI=1S/C46H44N2/c1-5-32(4)36(26-31(2)3)27-33-14-12-16-37(28-33)47-45-23-11-8-20-41(45)42-30-35(24-25-46(42)47)34-15-13-17-38(29-34)48-43-21-9-6-18-39(43)40-19-7-10-22-44(40)48/h6-25,28-32,36H,5,26-27H2,1-4H3. The van der Waals surface area contributed by atoms with E-state index in [1.807, 2.05) is 0 Å². The van der Waals surface area contributed by atoms with Gasteiger partial charge in [-0.1, -0.05) is 119 Å². The van der Waals surface area contributed by atoms with Crippen LogP contribution in [0.25, 0.3) is 66.1 Å². The molecule has 0 amide bonds. The Bertz CT molecular complexity index is 2350. The van der Waals surface area contributed by atoms with Gasteiger partial charge in [-0.15, -0.1) is 0 Å². The van der Waals surface area contributed by atoms with E-state index in [0.717, 1.165) is 12.3 Å². The molecule has 2 atom stereocenters. The third-order valence-corrected chi connectivity index (χ3v) is 10.6. The van der Waals surface area contributed by atoms with Crippen LogP contribution in [0, 0.1) is 17.8 Å². The maximum Gasteiger partial charge on any atom is 0.0541 e. The van der Waals surface area contributed by atoms with Crippen molar-refractivity contribution in [3.05, 3.63) is 145 Å². The number of hydrogen-bond donors (Lipinski definition) is 0. The summed E-state index contributed by atoms with van der Waals surface area (Å²) in [7, 11) is 0. The minimum atomic E-state index is 0.698. The lowest BCUT2D eigenvalue weighted by molar-refractivity contribution is 0.290. The maximum absolute atomic E-state index is 2.47. The summed E-state index contributed by atoms with van der Waals surface area (Å²) in [5.74, 6) is 2.13. The summed E-state index contributed by atoms with van der Waals surface area (Å²) in [6, 6.07) is 51.6. The summed E-state index contributed by atoms with van der Waals surface area (Å²) in [6.45, 7) is 9.49. The van der Waals surface area contributed by atoms with E-state index in [1.54, 1.807) is 0 Å². The van der Waals surface area contributed by atoms with E-state index in [9.17, 15) is 0 Å². The molecule has 0 fully saturated rings. The molecule has 0 N–H and O–H groups in total. The first-order valence-corrected chi connectivity index (χ1v) is 17.7. The Morgan fingerprint density at radius 1 is 0.479 bits per heavy atom. The quantitative estimate of drug-likeness (QED) is 0.151. The average molecular weight is 625 g/mol. The molecule has 0 saturated heterocycles. The number of aromatic nitrogens is 2. The molecular weight excluding hydrogens is 581 g/mol. The number of benzene rings is 6. The third kappa shape index (κ3) is 5.30. The van der Waals surface area contributed by atoms with Gasteiger partial charge in [0.25, 0.3) is 0 Å². The van der Waals surface area contributed by atoms with Crippen LogP contribution >= 0.6 is 0 Å². The maximum atomic E-state index is 2.47. The van der Waals surface area contributed by atoms with Gasteiger partial charge in [-0.2, -0.15) is 0 Å². The molecule has 0 aliphatic carbocycles. The number of rotatable bonds is 9. The van der Waals surface area contributed by atoms with Crippen LogP contribution in [-0.4, -0.2) is 9.13 Å². The van der Waals surface area contributed by atoms with Crippen molar-refractivity contribution in [1.82, 2.24) is 9.13 Å². The van der Waals surface area contributed by atoms with Gasteiger partial charge in [0.2, 0.25) is 0 Å². The molecule has 2 nitrogen and oxygen atoms in total. The lowest BCUT2D eigenvalue weighted by atomic mass is 9.81. The number of fused-ring (bicyclic) bond motifs is 6. The van der Waals surface area contributed by atoms with Crippen molar-refractivity contribution in [3.63, 3.8) is 0 Å². The van der Waals surface area contributed by atoms with Crippen LogP contribution in [0.15, 0.2) is 140 Å². The molecule has 2 heterocycles. The van der Waals surface area contributed by atoms with Gasteiger partial charge in [-0.25, -0.2) is 0 Å². The van der Waals surface area contributed by atoms with Crippen molar-refractivity contribution >= 4 is 43.6 Å². The predicted octanol–water partition coefficient (Wildman–Crippen LogP) is 12.8. The van der Waals surface area contributed by atoms with E-state index < -0.39 is 0 Å². The molecule has 8 rings (SSSR count). The Morgan fingerprint density at radius 2 is 1.00 bits per heavy atom. The number of para-hydroxylation sites is 3. The zero-order valence-corrected chi connectivity index (χ0v) is 28.5. The summed E-state index contributed by atoms with van der Waals surface area (Å²) in [5.41, 5.74) is 11.3. The molecule has 0 saturated carbocycles. The van der Waals surface area contributed by atoms with Gasteiger partial charge in [0.05, 0.1) is 22.1 Å². The van der Waals surface area contributed by atoms with Crippen molar-refractivity contribution in [1.29, 1.82) is 0 Å². The first-order valence-electron chi connectivity index (χ1n) is 17.7. The van der Waals surface area contributed by atoms with Crippen molar-refractivity contribution in [3.8, 4) is 22.5 Å². The predicted molar refractivity (Wildman–Crippen MR) is 207 cm³/mol. The molecule has 0 radical (unpaired) electrons. The van der Waals surface area contributed by atoms with Gasteiger partial charge < -0.3 is 9.13 Å². The largest absolute Gasteiger partial charge is 0.309 e. The van der Waals surface area contributed by atoms with Gasteiger partial charge in [0.15, 0.2) is 0 Å².